The highest BCUT2D eigenvalue weighted by Crippen LogP contribution is 2.24. The van der Waals surface area contributed by atoms with Gasteiger partial charge in [-0.3, -0.25) is 0 Å². The number of aryl methyl sites for hydroxylation is 2. The van der Waals surface area contributed by atoms with E-state index in [1.165, 1.54) is 11.8 Å². The van der Waals surface area contributed by atoms with E-state index in [9.17, 15) is 0 Å². The van der Waals surface area contributed by atoms with Crippen LogP contribution in [-0.2, 0) is 0 Å². The summed E-state index contributed by atoms with van der Waals surface area (Å²) >= 11 is 7.20. The van der Waals surface area contributed by atoms with Crippen LogP contribution in [0, 0.1) is 20.8 Å². The highest BCUT2D eigenvalue weighted by Gasteiger charge is 2.10. The van der Waals surface area contributed by atoms with Crippen LogP contribution in [0.3, 0.4) is 0 Å². The van der Waals surface area contributed by atoms with E-state index in [0.29, 0.717) is 16.3 Å². The van der Waals surface area contributed by atoms with Gasteiger partial charge < -0.3 is 5.32 Å². The largest absolute Gasteiger partial charge is 0.354 e. The molecule has 0 radical (unpaired) electrons. The zero-order chi connectivity index (χ0) is 15.4. The third-order valence-corrected chi connectivity index (χ3v) is 3.81. The monoisotopic (exact) mass is 324 g/mol. The Kier molecular flexibility index (Phi) is 5.30. The molecule has 0 aliphatic rings. The molecule has 21 heavy (non-hydrogen) atoms. The average molecular weight is 325 g/mol. The summed E-state index contributed by atoms with van der Waals surface area (Å²) in [5, 5.41) is 4.34. The topological polar surface area (TPSA) is 76.5 Å². The Labute approximate surface area is 133 Å². The first-order valence-electron chi connectivity index (χ1n) is 6.64. The molecule has 0 aliphatic heterocycles. The fourth-order valence-corrected chi connectivity index (χ4v) is 2.57. The van der Waals surface area contributed by atoms with Gasteiger partial charge in [0.1, 0.15) is 0 Å². The summed E-state index contributed by atoms with van der Waals surface area (Å²) in [6.45, 7) is 8.78. The molecule has 0 atom stereocenters. The molecule has 2 aromatic rings. The van der Waals surface area contributed by atoms with Crippen LogP contribution in [0.15, 0.2) is 10.3 Å². The Morgan fingerprint density at radius 3 is 2.19 bits per heavy atom. The Morgan fingerprint density at radius 2 is 1.57 bits per heavy atom. The van der Waals surface area contributed by atoms with Crippen molar-refractivity contribution in [3.05, 3.63) is 22.2 Å². The molecule has 8 heteroatoms. The molecule has 0 fully saturated rings. The van der Waals surface area contributed by atoms with Gasteiger partial charge in [0.05, 0.1) is 0 Å². The number of hydrogen-bond acceptors (Lipinski definition) is 7. The summed E-state index contributed by atoms with van der Waals surface area (Å²) in [5.41, 5.74) is 3.00. The standard InChI is InChI=1S/C13H17ClN6S/c1-5-6-15-11-18-10(14)19-13(20-11)21-12-16-8(3)7(2)9(4)17-12/h5-6H2,1-4H3,(H,15,18,19,20). The highest BCUT2D eigenvalue weighted by atomic mass is 35.5. The van der Waals surface area contributed by atoms with Crippen LogP contribution < -0.4 is 5.32 Å². The molecule has 0 aliphatic carbocycles. The fourth-order valence-electron chi connectivity index (χ4n) is 1.56. The van der Waals surface area contributed by atoms with Crippen LogP contribution in [0.25, 0.3) is 0 Å². The molecular formula is C13H17ClN6S. The second-order valence-corrected chi connectivity index (χ2v) is 5.81. The molecule has 0 bridgehead atoms. The molecule has 2 aromatic heterocycles. The maximum absolute atomic E-state index is 5.93. The first kappa shape index (κ1) is 15.9. The minimum Gasteiger partial charge on any atom is -0.354 e. The number of rotatable bonds is 5. The van der Waals surface area contributed by atoms with Crippen molar-refractivity contribution in [3.63, 3.8) is 0 Å². The number of aromatic nitrogens is 5. The summed E-state index contributed by atoms with van der Waals surface area (Å²) in [7, 11) is 0. The molecule has 0 unspecified atom stereocenters. The lowest BCUT2D eigenvalue weighted by atomic mass is 10.2. The summed E-state index contributed by atoms with van der Waals surface area (Å²) in [4.78, 5) is 21.3. The second-order valence-electron chi connectivity index (χ2n) is 4.54. The lowest BCUT2D eigenvalue weighted by Gasteiger charge is -2.07. The molecule has 0 spiro atoms. The summed E-state index contributed by atoms with van der Waals surface area (Å²) in [6.07, 6.45) is 0.977. The molecule has 1 N–H and O–H groups in total. The maximum atomic E-state index is 5.93. The predicted molar refractivity (Wildman–Crippen MR) is 84.0 cm³/mol. The van der Waals surface area contributed by atoms with Crippen LogP contribution in [0.1, 0.15) is 30.3 Å². The molecule has 112 valence electrons. The van der Waals surface area contributed by atoms with Gasteiger partial charge in [0.25, 0.3) is 0 Å². The average Bonchev–Trinajstić information content (AvgIpc) is 2.42. The summed E-state index contributed by atoms with van der Waals surface area (Å²) in [5.74, 6) is 0.472. The van der Waals surface area contributed by atoms with E-state index < -0.39 is 0 Å². The summed E-state index contributed by atoms with van der Waals surface area (Å²) in [6, 6.07) is 0. The fraction of sp³-hybridized carbons (Fsp3) is 0.462. The van der Waals surface area contributed by atoms with Gasteiger partial charge in [0.15, 0.2) is 5.16 Å². The third kappa shape index (κ3) is 4.25. The van der Waals surface area contributed by atoms with E-state index in [1.807, 2.05) is 20.8 Å². The molecule has 2 heterocycles. The van der Waals surface area contributed by atoms with E-state index in [-0.39, 0.29) is 5.28 Å². The van der Waals surface area contributed by atoms with Crippen molar-refractivity contribution in [1.29, 1.82) is 0 Å². The van der Waals surface area contributed by atoms with Gasteiger partial charge in [-0.15, -0.1) is 0 Å². The highest BCUT2D eigenvalue weighted by molar-refractivity contribution is 7.99. The van der Waals surface area contributed by atoms with E-state index in [4.69, 9.17) is 11.6 Å². The van der Waals surface area contributed by atoms with E-state index in [2.05, 4.69) is 37.2 Å². The lowest BCUT2D eigenvalue weighted by molar-refractivity contribution is 0.852. The van der Waals surface area contributed by atoms with E-state index in [1.54, 1.807) is 0 Å². The van der Waals surface area contributed by atoms with Crippen molar-refractivity contribution in [2.24, 2.45) is 0 Å². The van der Waals surface area contributed by atoms with Crippen LogP contribution in [0.5, 0.6) is 0 Å². The van der Waals surface area contributed by atoms with E-state index in [0.717, 1.165) is 29.9 Å². The van der Waals surface area contributed by atoms with Crippen molar-refractivity contribution in [2.75, 3.05) is 11.9 Å². The molecule has 0 saturated heterocycles. The van der Waals surface area contributed by atoms with Gasteiger partial charge in [-0.2, -0.15) is 15.0 Å². The van der Waals surface area contributed by atoms with Crippen molar-refractivity contribution >= 4 is 29.3 Å². The van der Waals surface area contributed by atoms with Crippen molar-refractivity contribution in [2.45, 2.75) is 44.4 Å². The van der Waals surface area contributed by atoms with Gasteiger partial charge >= 0.3 is 0 Å². The third-order valence-electron chi connectivity index (χ3n) is 2.92. The zero-order valence-corrected chi connectivity index (χ0v) is 14.0. The predicted octanol–water partition coefficient (Wildman–Crippen LogP) is 3.21. The van der Waals surface area contributed by atoms with Gasteiger partial charge in [0, 0.05) is 17.9 Å². The van der Waals surface area contributed by atoms with Crippen LogP contribution in [0.2, 0.25) is 5.28 Å². The quantitative estimate of drug-likeness (QED) is 0.846. The summed E-state index contributed by atoms with van der Waals surface area (Å²) < 4.78 is 0. The number of nitrogens with zero attached hydrogens (tertiary/aromatic N) is 5. The lowest BCUT2D eigenvalue weighted by Crippen LogP contribution is -2.06. The molecule has 0 saturated carbocycles. The first-order valence-corrected chi connectivity index (χ1v) is 7.84. The van der Waals surface area contributed by atoms with Gasteiger partial charge in [-0.1, -0.05) is 6.92 Å². The van der Waals surface area contributed by atoms with Crippen molar-refractivity contribution < 1.29 is 0 Å². The number of hydrogen-bond donors (Lipinski definition) is 1. The normalized spacial score (nSPS) is 10.7. The van der Waals surface area contributed by atoms with Crippen LogP contribution in [0.4, 0.5) is 5.95 Å². The Morgan fingerprint density at radius 1 is 0.952 bits per heavy atom. The first-order chi connectivity index (χ1) is 9.99. The maximum Gasteiger partial charge on any atom is 0.228 e. The van der Waals surface area contributed by atoms with Gasteiger partial charge in [0.2, 0.25) is 16.4 Å². The minimum atomic E-state index is 0.159. The second kappa shape index (κ2) is 7.00. The van der Waals surface area contributed by atoms with Crippen LogP contribution in [-0.4, -0.2) is 31.5 Å². The van der Waals surface area contributed by atoms with Gasteiger partial charge in [-0.05, 0) is 56.1 Å². The van der Waals surface area contributed by atoms with E-state index >= 15 is 0 Å². The minimum absolute atomic E-state index is 0.159. The molecular weight excluding hydrogens is 308 g/mol. The Hall–Kier alpha value is -1.47. The number of nitrogens with one attached hydrogen (secondary N) is 1. The van der Waals surface area contributed by atoms with Crippen LogP contribution >= 0.6 is 23.4 Å². The Bertz CT molecular complexity index is 626. The SMILES string of the molecule is CCCNc1nc(Cl)nc(Sc2nc(C)c(C)c(C)n2)n1. The molecule has 6 nitrogen and oxygen atoms in total. The number of anilines is 1. The molecule has 0 aromatic carbocycles. The Balaban J connectivity index is 2.24. The molecule has 2 rings (SSSR count). The zero-order valence-electron chi connectivity index (χ0n) is 12.4. The van der Waals surface area contributed by atoms with Crippen molar-refractivity contribution in [3.8, 4) is 0 Å². The smallest absolute Gasteiger partial charge is 0.228 e. The number of halogens is 1. The van der Waals surface area contributed by atoms with Crippen molar-refractivity contribution in [1.82, 2.24) is 24.9 Å². The molecule has 0 amide bonds. The van der Waals surface area contributed by atoms with Gasteiger partial charge in [-0.25, -0.2) is 9.97 Å².